The number of hydrogen-bond donors (Lipinski definition) is 2. The number of fused-ring (bicyclic) bond motifs is 1. The highest BCUT2D eigenvalue weighted by molar-refractivity contribution is 6.30. The Hall–Kier alpha value is -2.48. The molecule has 194 valence electrons. The van der Waals surface area contributed by atoms with Crippen LogP contribution in [0.1, 0.15) is 97.6 Å². The standard InChI is InChI=1S/C28H33ClFNO5/c1-3-28(35,18-7-5-4-6-8-18)19-15-21-25(22(30)16-19)27(36-2)31(26(21)34)23(13-14-24(32)33)17-9-11-20(29)12-10-17/h9-12,15-16,18,23,27,35H,3-8,13-14H2,1-2H3,(H,32,33). The van der Waals surface area contributed by atoms with E-state index in [0.29, 0.717) is 22.6 Å². The number of aliphatic carboxylic acids is 1. The topological polar surface area (TPSA) is 87.1 Å². The van der Waals surface area contributed by atoms with E-state index in [-0.39, 0.29) is 29.9 Å². The molecule has 0 spiro atoms. The Morgan fingerprint density at radius 3 is 2.47 bits per heavy atom. The highest BCUT2D eigenvalue weighted by atomic mass is 35.5. The van der Waals surface area contributed by atoms with Gasteiger partial charge in [-0.05, 0) is 67.0 Å². The van der Waals surface area contributed by atoms with Crippen molar-refractivity contribution in [2.45, 2.75) is 76.2 Å². The highest BCUT2D eigenvalue weighted by Gasteiger charge is 2.46. The molecule has 2 aromatic rings. The molecule has 1 aliphatic heterocycles. The van der Waals surface area contributed by atoms with Gasteiger partial charge in [-0.1, -0.05) is 49.9 Å². The molecule has 1 heterocycles. The summed E-state index contributed by atoms with van der Waals surface area (Å²) in [5.74, 6) is -2.07. The molecule has 4 rings (SSSR count). The van der Waals surface area contributed by atoms with Crippen LogP contribution in [0.4, 0.5) is 4.39 Å². The quantitative estimate of drug-likeness (QED) is 0.404. The summed E-state index contributed by atoms with van der Waals surface area (Å²) in [6.07, 6.45) is 4.20. The SMILES string of the molecule is CCC(O)(c1cc(F)c2c(c1)C(=O)N(C(CCC(=O)O)c1ccc(Cl)cc1)C2OC)C1CCCCC1. The number of carboxylic acid groups (broad SMARTS) is 1. The van der Waals surface area contributed by atoms with Crippen molar-refractivity contribution in [3.05, 3.63) is 69.5 Å². The van der Waals surface area contributed by atoms with Crippen LogP contribution < -0.4 is 0 Å². The number of rotatable bonds is 9. The number of benzene rings is 2. The molecule has 3 atom stereocenters. The first-order valence-electron chi connectivity index (χ1n) is 12.6. The summed E-state index contributed by atoms with van der Waals surface area (Å²) in [5.41, 5.74) is 0.117. The van der Waals surface area contributed by atoms with Gasteiger partial charge in [0.15, 0.2) is 6.23 Å². The van der Waals surface area contributed by atoms with Crippen LogP contribution in [-0.4, -0.2) is 34.1 Å². The third kappa shape index (κ3) is 4.89. The first-order valence-corrected chi connectivity index (χ1v) is 13.0. The molecule has 6 nitrogen and oxygen atoms in total. The second kappa shape index (κ2) is 10.9. The van der Waals surface area contributed by atoms with Gasteiger partial charge in [-0.25, -0.2) is 4.39 Å². The zero-order valence-corrected chi connectivity index (χ0v) is 21.4. The van der Waals surface area contributed by atoms with Crippen LogP contribution >= 0.6 is 11.6 Å². The minimum Gasteiger partial charge on any atom is -0.481 e. The molecule has 3 unspecified atom stereocenters. The van der Waals surface area contributed by atoms with E-state index in [1.807, 2.05) is 6.92 Å². The van der Waals surface area contributed by atoms with Gasteiger partial charge in [-0.3, -0.25) is 9.59 Å². The summed E-state index contributed by atoms with van der Waals surface area (Å²) >= 11 is 6.05. The summed E-state index contributed by atoms with van der Waals surface area (Å²) in [4.78, 5) is 26.6. The Balaban J connectivity index is 1.77. The van der Waals surface area contributed by atoms with E-state index in [9.17, 15) is 19.8 Å². The summed E-state index contributed by atoms with van der Waals surface area (Å²) in [7, 11) is 1.40. The number of carbonyl (C=O) groups is 2. The van der Waals surface area contributed by atoms with Crippen LogP contribution in [0.15, 0.2) is 36.4 Å². The van der Waals surface area contributed by atoms with Crippen molar-refractivity contribution in [2.75, 3.05) is 7.11 Å². The molecule has 0 radical (unpaired) electrons. The summed E-state index contributed by atoms with van der Waals surface area (Å²) in [6.45, 7) is 1.88. The van der Waals surface area contributed by atoms with Crippen LogP contribution in [0.5, 0.6) is 0 Å². The second-order valence-electron chi connectivity index (χ2n) is 9.83. The maximum atomic E-state index is 15.7. The van der Waals surface area contributed by atoms with Crippen molar-refractivity contribution >= 4 is 23.5 Å². The molecule has 0 saturated heterocycles. The molecule has 0 bridgehead atoms. The van der Waals surface area contributed by atoms with Crippen molar-refractivity contribution in [1.29, 1.82) is 0 Å². The monoisotopic (exact) mass is 517 g/mol. The zero-order chi connectivity index (χ0) is 26.0. The second-order valence-corrected chi connectivity index (χ2v) is 10.3. The first kappa shape index (κ1) is 26.6. The lowest BCUT2D eigenvalue weighted by molar-refractivity contribution is -0.137. The largest absolute Gasteiger partial charge is 0.481 e. The minimum atomic E-state index is -1.23. The lowest BCUT2D eigenvalue weighted by atomic mass is 9.71. The molecule has 36 heavy (non-hydrogen) atoms. The van der Waals surface area contributed by atoms with E-state index in [1.54, 1.807) is 30.3 Å². The van der Waals surface area contributed by atoms with Gasteiger partial charge in [0.2, 0.25) is 0 Å². The number of carbonyl (C=O) groups excluding carboxylic acids is 1. The number of amides is 1. The minimum absolute atomic E-state index is 0.00286. The lowest BCUT2D eigenvalue weighted by Gasteiger charge is -2.38. The van der Waals surface area contributed by atoms with E-state index < -0.39 is 35.6 Å². The third-order valence-corrected chi connectivity index (χ3v) is 8.11. The summed E-state index contributed by atoms with van der Waals surface area (Å²) in [6, 6.07) is 9.09. The van der Waals surface area contributed by atoms with Crippen molar-refractivity contribution in [2.24, 2.45) is 5.92 Å². The van der Waals surface area contributed by atoms with Gasteiger partial charge < -0.3 is 19.8 Å². The van der Waals surface area contributed by atoms with Crippen LogP contribution in [0.2, 0.25) is 5.02 Å². The van der Waals surface area contributed by atoms with Crippen molar-refractivity contribution in [1.82, 2.24) is 4.90 Å². The smallest absolute Gasteiger partial charge is 0.303 e. The Labute approximate surface area is 216 Å². The van der Waals surface area contributed by atoms with E-state index in [2.05, 4.69) is 0 Å². The fourth-order valence-electron chi connectivity index (χ4n) is 5.94. The van der Waals surface area contributed by atoms with Crippen LogP contribution in [0, 0.1) is 11.7 Å². The summed E-state index contributed by atoms with van der Waals surface area (Å²) in [5, 5.41) is 21.5. The Morgan fingerprint density at radius 1 is 1.22 bits per heavy atom. The molecular formula is C28H33ClFNO5. The van der Waals surface area contributed by atoms with Crippen LogP contribution in [0.3, 0.4) is 0 Å². The Kier molecular flexibility index (Phi) is 8.03. The number of ether oxygens (including phenoxy) is 1. The van der Waals surface area contributed by atoms with Crippen molar-refractivity contribution in [3.8, 4) is 0 Å². The summed E-state index contributed by atoms with van der Waals surface area (Å²) < 4.78 is 21.4. The van der Waals surface area contributed by atoms with Gasteiger partial charge in [-0.2, -0.15) is 0 Å². The van der Waals surface area contributed by atoms with Gasteiger partial charge in [-0.15, -0.1) is 0 Å². The maximum Gasteiger partial charge on any atom is 0.303 e. The molecule has 1 amide bonds. The first-order chi connectivity index (χ1) is 17.2. The van der Waals surface area contributed by atoms with Gasteiger partial charge in [0.25, 0.3) is 5.91 Å². The van der Waals surface area contributed by atoms with Crippen LogP contribution in [0.25, 0.3) is 0 Å². The van der Waals surface area contributed by atoms with E-state index >= 15 is 4.39 Å². The number of halogens is 2. The molecule has 2 N–H and O–H groups in total. The fourth-order valence-corrected chi connectivity index (χ4v) is 6.06. The number of aliphatic hydroxyl groups is 1. The Bertz CT molecular complexity index is 1120. The maximum absolute atomic E-state index is 15.7. The van der Waals surface area contributed by atoms with E-state index in [0.717, 1.165) is 32.1 Å². The van der Waals surface area contributed by atoms with Gasteiger partial charge in [0.1, 0.15) is 5.82 Å². The molecule has 2 aromatic carbocycles. The molecule has 0 aromatic heterocycles. The molecule has 1 aliphatic carbocycles. The molecule has 2 aliphatic rings. The number of nitrogens with zero attached hydrogens (tertiary/aromatic N) is 1. The molecular weight excluding hydrogens is 485 g/mol. The normalized spacial score (nSPS) is 20.8. The lowest BCUT2D eigenvalue weighted by Crippen LogP contribution is -2.36. The highest BCUT2D eigenvalue weighted by Crippen LogP contribution is 2.47. The predicted molar refractivity (Wildman–Crippen MR) is 134 cm³/mol. The molecule has 8 heteroatoms. The third-order valence-electron chi connectivity index (χ3n) is 7.86. The van der Waals surface area contributed by atoms with Crippen molar-refractivity contribution < 1.29 is 28.9 Å². The average Bonchev–Trinajstić information content (AvgIpc) is 3.17. The fraction of sp³-hybridized carbons (Fsp3) is 0.500. The zero-order valence-electron chi connectivity index (χ0n) is 20.7. The average molecular weight is 518 g/mol. The predicted octanol–water partition coefficient (Wildman–Crippen LogP) is 6.36. The van der Waals surface area contributed by atoms with Gasteiger partial charge in [0, 0.05) is 24.1 Å². The number of hydrogen-bond acceptors (Lipinski definition) is 4. The van der Waals surface area contributed by atoms with E-state index in [1.165, 1.54) is 18.1 Å². The molecule has 1 fully saturated rings. The molecule has 1 saturated carbocycles. The van der Waals surface area contributed by atoms with Gasteiger partial charge in [0.05, 0.1) is 17.2 Å². The number of carboxylic acids is 1. The van der Waals surface area contributed by atoms with E-state index in [4.69, 9.17) is 16.3 Å². The number of methoxy groups -OCH3 is 1. The van der Waals surface area contributed by atoms with Crippen molar-refractivity contribution in [3.63, 3.8) is 0 Å². The van der Waals surface area contributed by atoms with Gasteiger partial charge >= 0.3 is 5.97 Å². The van der Waals surface area contributed by atoms with Crippen LogP contribution in [-0.2, 0) is 15.1 Å². The Morgan fingerprint density at radius 2 is 1.89 bits per heavy atom.